The largest absolute Gasteiger partial charge is 0.479 e. The molecule has 0 aromatic carbocycles. The van der Waals surface area contributed by atoms with Gasteiger partial charge < -0.3 is 10.0 Å². The molecule has 1 aliphatic rings. The van der Waals surface area contributed by atoms with E-state index in [4.69, 9.17) is 0 Å². The van der Waals surface area contributed by atoms with E-state index in [1.54, 1.807) is 0 Å². The Hall–Kier alpha value is -1.06. The second kappa shape index (κ2) is 6.59. The SMILES string of the molecule is CCCN(C=O)C1(C(=O)O)CCC(C(C)(C)CC)CC1. The third kappa shape index (κ3) is 3.15. The third-order valence-corrected chi connectivity index (χ3v) is 5.37. The summed E-state index contributed by atoms with van der Waals surface area (Å²) in [4.78, 5) is 24.6. The second-order valence-corrected chi connectivity index (χ2v) is 6.75. The molecule has 0 atom stereocenters. The van der Waals surface area contributed by atoms with Gasteiger partial charge in [-0.2, -0.15) is 0 Å². The number of hydrogen-bond donors (Lipinski definition) is 1. The molecule has 4 heteroatoms. The van der Waals surface area contributed by atoms with Crippen molar-refractivity contribution in [3.05, 3.63) is 0 Å². The number of carboxylic acids is 1. The van der Waals surface area contributed by atoms with Crippen LogP contribution in [-0.2, 0) is 9.59 Å². The molecule has 1 saturated carbocycles. The maximum atomic E-state index is 11.8. The van der Waals surface area contributed by atoms with Gasteiger partial charge in [0.05, 0.1) is 0 Å². The van der Waals surface area contributed by atoms with Gasteiger partial charge in [-0.05, 0) is 43.4 Å². The summed E-state index contributed by atoms with van der Waals surface area (Å²) in [6.45, 7) is 9.20. The first-order chi connectivity index (χ1) is 9.34. The van der Waals surface area contributed by atoms with Crippen LogP contribution in [-0.4, -0.2) is 34.5 Å². The summed E-state index contributed by atoms with van der Waals surface area (Å²) in [6.07, 6.45) is 5.55. The first-order valence-corrected chi connectivity index (χ1v) is 7.79. The van der Waals surface area contributed by atoms with Gasteiger partial charge in [-0.3, -0.25) is 4.79 Å². The highest BCUT2D eigenvalue weighted by atomic mass is 16.4. The molecule has 1 aliphatic carbocycles. The van der Waals surface area contributed by atoms with Crippen molar-refractivity contribution in [3.8, 4) is 0 Å². The van der Waals surface area contributed by atoms with Crippen LogP contribution < -0.4 is 0 Å². The molecule has 20 heavy (non-hydrogen) atoms. The molecule has 1 amide bonds. The van der Waals surface area contributed by atoms with E-state index in [1.807, 2.05) is 6.92 Å². The Kier molecular flexibility index (Phi) is 5.60. The van der Waals surface area contributed by atoms with Gasteiger partial charge in [0.25, 0.3) is 0 Å². The first kappa shape index (κ1) is 17.0. The first-order valence-electron chi connectivity index (χ1n) is 7.79. The highest BCUT2D eigenvalue weighted by Gasteiger charge is 2.48. The number of carbonyl (C=O) groups excluding carboxylic acids is 1. The lowest BCUT2D eigenvalue weighted by Crippen LogP contribution is -2.57. The molecule has 0 aliphatic heterocycles. The molecule has 116 valence electrons. The number of carbonyl (C=O) groups is 2. The zero-order valence-corrected chi connectivity index (χ0v) is 13.3. The molecule has 0 aromatic rings. The number of carboxylic acid groups (broad SMARTS) is 1. The molecule has 0 heterocycles. The summed E-state index contributed by atoms with van der Waals surface area (Å²) < 4.78 is 0. The van der Waals surface area contributed by atoms with Crippen LogP contribution in [0.3, 0.4) is 0 Å². The fourth-order valence-electron chi connectivity index (χ4n) is 3.40. The predicted molar refractivity (Wildman–Crippen MR) is 79.5 cm³/mol. The molecular formula is C16H29NO3. The van der Waals surface area contributed by atoms with Gasteiger partial charge in [-0.1, -0.05) is 34.1 Å². The van der Waals surface area contributed by atoms with Crippen molar-refractivity contribution in [2.45, 2.75) is 71.8 Å². The summed E-state index contributed by atoms with van der Waals surface area (Å²) in [7, 11) is 0. The highest BCUT2D eigenvalue weighted by Crippen LogP contribution is 2.45. The molecule has 1 rings (SSSR count). The molecule has 0 spiro atoms. The molecular weight excluding hydrogens is 254 g/mol. The van der Waals surface area contributed by atoms with E-state index in [9.17, 15) is 14.7 Å². The Morgan fingerprint density at radius 1 is 1.35 bits per heavy atom. The zero-order chi connectivity index (χ0) is 15.4. The lowest BCUT2D eigenvalue weighted by atomic mass is 9.65. The standard InChI is InChI=1S/C16H29NO3/c1-5-11-17(12-18)16(14(19)20)9-7-13(8-10-16)15(3,4)6-2/h12-13H,5-11H2,1-4H3,(H,19,20). The predicted octanol–water partition coefficient (Wildman–Crippen LogP) is 3.30. The van der Waals surface area contributed by atoms with Crippen molar-refractivity contribution >= 4 is 12.4 Å². The third-order valence-electron chi connectivity index (χ3n) is 5.37. The summed E-state index contributed by atoms with van der Waals surface area (Å²) in [5, 5.41) is 9.66. The van der Waals surface area contributed by atoms with Gasteiger partial charge in [0.2, 0.25) is 6.41 Å². The van der Waals surface area contributed by atoms with Crippen molar-refractivity contribution < 1.29 is 14.7 Å². The van der Waals surface area contributed by atoms with Gasteiger partial charge in [0.1, 0.15) is 5.54 Å². The van der Waals surface area contributed by atoms with E-state index in [2.05, 4.69) is 20.8 Å². The van der Waals surface area contributed by atoms with Crippen LogP contribution in [0.25, 0.3) is 0 Å². The summed E-state index contributed by atoms with van der Waals surface area (Å²) in [6, 6.07) is 0. The Balaban J connectivity index is 2.88. The Labute approximate surface area is 122 Å². The average Bonchev–Trinajstić information content (AvgIpc) is 2.44. The van der Waals surface area contributed by atoms with Crippen molar-refractivity contribution in [1.29, 1.82) is 0 Å². The van der Waals surface area contributed by atoms with Gasteiger partial charge in [-0.15, -0.1) is 0 Å². The van der Waals surface area contributed by atoms with Crippen molar-refractivity contribution in [2.24, 2.45) is 11.3 Å². The van der Waals surface area contributed by atoms with E-state index < -0.39 is 11.5 Å². The number of nitrogens with zero attached hydrogens (tertiary/aromatic N) is 1. The molecule has 0 unspecified atom stereocenters. The Morgan fingerprint density at radius 2 is 1.90 bits per heavy atom. The minimum absolute atomic E-state index is 0.251. The molecule has 0 radical (unpaired) electrons. The van der Waals surface area contributed by atoms with Crippen LogP contribution in [0.1, 0.15) is 66.2 Å². The maximum Gasteiger partial charge on any atom is 0.329 e. The summed E-state index contributed by atoms with van der Waals surface area (Å²) in [5.41, 5.74) is -0.723. The van der Waals surface area contributed by atoms with Crippen LogP contribution >= 0.6 is 0 Å². The molecule has 4 nitrogen and oxygen atoms in total. The molecule has 1 N–H and O–H groups in total. The van der Waals surface area contributed by atoms with Crippen molar-refractivity contribution in [1.82, 2.24) is 4.90 Å². The summed E-state index contributed by atoms with van der Waals surface area (Å²) >= 11 is 0. The highest BCUT2D eigenvalue weighted by molar-refractivity contribution is 5.81. The van der Waals surface area contributed by atoms with E-state index in [1.165, 1.54) is 4.90 Å². The van der Waals surface area contributed by atoms with Gasteiger partial charge in [-0.25, -0.2) is 4.79 Å². The fourth-order valence-corrected chi connectivity index (χ4v) is 3.40. The number of rotatable bonds is 7. The van der Waals surface area contributed by atoms with E-state index in [0.717, 1.165) is 32.1 Å². The maximum absolute atomic E-state index is 11.8. The van der Waals surface area contributed by atoms with E-state index in [0.29, 0.717) is 25.3 Å². The number of aliphatic carboxylic acids is 1. The molecule has 0 saturated heterocycles. The second-order valence-electron chi connectivity index (χ2n) is 6.75. The lowest BCUT2D eigenvalue weighted by Gasteiger charge is -2.46. The minimum Gasteiger partial charge on any atom is -0.479 e. The lowest BCUT2D eigenvalue weighted by molar-refractivity contribution is -0.159. The van der Waals surface area contributed by atoms with Gasteiger partial charge in [0, 0.05) is 6.54 Å². The normalized spacial score (nSPS) is 27.1. The average molecular weight is 283 g/mol. The smallest absolute Gasteiger partial charge is 0.329 e. The minimum atomic E-state index is -0.974. The number of amides is 1. The number of hydrogen-bond acceptors (Lipinski definition) is 2. The summed E-state index contributed by atoms with van der Waals surface area (Å²) in [5.74, 6) is -0.291. The van der Waals surface area contributed by atoms with E-state index in [-0.39, 0.29) is 5.41 Å². The van der Waals surface area contributed by atoms with Crippen molar-refractivity contribution in [3.63, 3.8) is 0 Å². The van der Waals surface area contributed by atoms with Crippen LogP contribution in [0.5, 0.6) is 0 Å². The van der Waals surface area contributed by atoms with Gasteiger partial charge in [0.15, 0.2) is 0 Å². The van der Waals surface area contributed by atoms with E-state index >= 15 is 0 Å². The zero-order valence-electron chi connectivity index (χ0n) is 13.3. The Bertz CT molecular complexity index is 344. The van der Waals surface area contributed by atoms with Crippen LogP contribution in [0, 0.1) is 11.3 Å². The monoisotopic (exact) mass is 283 g/mol. The topological polar surface area (TPSA) is 57.6 Å². The van der Waals surface area contributed by atoms with Crippen LogP contribution in [0.2, 0.25) is 0 Å². The van der Waals surface area contributed by atoms with Crippen LogP contribution in [0.15, 0.2) is 0 Å². The van der Waals surface area contributed by atoms with Crippen LogP contribution in [0.4, 0.5) is 0 Å². The fraction of sp³-hybridized carbons (Fsp3) is 0.875. The molecule has 0 aromatic heterocycles. The molecule has 0 bridgehead atoms. The Morgan fingerprint density at radius 3 is 2.25 bits per heavy atom. The quantitative estimate of drug-likeness (QED) is 0.729. The van der Waals surface area contributed by atoms with Crippen molar-refractivity contribution in [2.75, 3.05) is 6.54 Å². The van der Waals surface area contributed by atoms with Gasteiger partial charge >= 0.3 is 5.97 Å². The molecule has 1 fully saturated rings.